The van der Waals surface area contributed by atoms with E-state index in [4.69, 9.17) is 10.1 Å². The zero-order valence-electron chi connectivity index (χ0n) is 14.6. The lowest BCUT2D eigenvalue weighted by molar-refractivity contribution is 0.900. The Morgan fingerprint density at radius 1 is 0.962 bits per heavy atom. The van der Waals surface area contributed by atoms with Crippen LogP contribution in [0.4, 0.5) is 11.5 Å². The normalized spacial score (nSPS) is 13.1. The number of rotatable bonds is 3. The predicted molar refractivity (Wildman–Crippen MR) is 103 cm³/mol. The highest BCUT2D eigenvalue weighted by molar-refractivity contribution is 5.66. The average Bonchev–Trinajstić information content (AvgIpc) is 3.29. The van der Waals surface area contributed by atoms with E-state index in [0.717, 1.165) is 42.0 Å². The molecule has 1 aliphatic rings. The topological polar surface area (TPSA) is 55.1 Å². The largest absolute Gasteiger partial charge is 0.340 e. The molecule has 0 spiro atoms. The number of anilines is 2. The van der Waals surface area contributed by atoms with Gasteiger partial charge in [-0.25, -0.2) is 4.98 Å². The minimum absolute atomic E-state index is 0.652. The first-order chi connectivity index (χ1) is 12.8. The molecule has 2 aromatic carbocycles. The molecule has 0 atom stereocenters. The molecule has 5 nitrogen and oxygen atoms in total. The summed E-state index contributed by atoms with van der Waals surface area (Å²) in [4.78, 5) is 9.45. The fourth-order valence-corrected chi connectivity index (χ4v) is 3.58. The van der Waals surface area contributed by atoms with Gasteiger partial charge < -0.3 is 5.32 Å². The van der Waals surface area contributed by atoms with Crippen LogP contribution in [0.1, 0.15) is 23.2 Å². The van der Waals surface area contributed by atoms with Crippen molar-refractivity contribution in [3.63, 3.8) is 0 Å². The van der Waals surface area contributed by atoms with Gasteiger partial charge in [0.25, 0.3) is 5.78 Å². The van der Waals surface area contributed by atoms with Crippen LogP contribution in [-0.2, 0) is 12.8 Å². The van der Waals surface area contributed by atoms with E-state index in [1.807, 2.05) is 34.8 Å². The van der Waals surface area contributed by atoms with Crippen LogP contribution in [-0.4, -0.2) is 19.6 Å². The molecule has 0 saturated carbocycles. The number of benzene rings is 2. The van der Waals surface area contributed by atoms with Crippen molar-refractivity contribution in [3.05, 3.63) is 71.4 Å². The number of aryl methyl sites for hydroxylation is 2. The van der Waals surface area contributed by atoms with E-state index < -0.39 is 0 Å². The van der Waals surface area contributed by atoms with Gasteiger partial charge >= 0.3 is 0 Å². The second-order valence-corrected chi connectivity index (χ2v) is 6.75. The van der Waals surface area contributed by atoms with Crippen LogP contribution in [0.2, 0.25) is 0 Å². The lowest BCUT2D eigenvalue weighted by Crippen LogP contribution is -2.07. The van der Waals surface area contributed by atoms with Crippen LogP contribution >= 0.6 is 0 Å². The van der Waals surface area contributed by atoms with E-state index >= 15 is 0 Å². The molecular formula is C21H19N5. The Morgan fingerprint density at radius 3 is 2.69 bits per heavy atom. The van der Waals surface area contributed by atoms with Gasteiger partial charge in [-0.2, -0.15) is 9.50 Å². The number of nitrogens with one attached hydrogen (secondary N) is 1. The Hall–Kier alpha value is -3.21. The highest BCUT2D eigenvalue weighted by Crippen LogP contribution is 2.31. The molecule has 1 aliphatic carbocycles. The van der Waals surface area contributed by atoms with Crippen LogP contribution in [0.5, 0.6) is 0 Å². The fourth-order valence-electron chi connectivity index (χ4n) is 3.58. The minimum Gasteiger partial charge on any atom is -0.340 e. The summed E-state index contributed by atoms with van der Waals surface area (Å²) < 4.78 is 1.86. The number of nitrogens with zero attached hydrogens (tertiary/aromatic N) is 4. The summed E-state index contributed by atoms with van der Waals surface area (Å²) >= 11 is 0. The number of aromatic nitrogens is 4. The number of hydrogen-bond acceptors (Lipinski definition) is 4. The number of hydrogen-bond donors (Lipinski definition) is 1. The van der Waals surface area contributed by atoms with Crippen molar-refractivity contribution in [2.75, 3.05) is 5.32 Å². The van der Waals surface area contributed by atoms with E-state index in [0.29, 0.717) is 11.6 Å². The molecule has 4 aromatic rings. The van der Waals surface area contributed by atoms with Crippen molar-refractivity contribution in [3.8, 4) is 11.4 Å². The molecule has 128 valence electrons. The molecule has 0 amide bonds. The second kappa shape index (κ2) is 5.95. The van der Waals surface area contributed by atoms with Gasteiger partial charge in [0.2, 0.25) is 0 Å². The van der Waals surface area contributed by atoms with Gasteiger partial charge in [0.1, 0.15) is 5.82 Å². The Morgan fingerprint density at radius 2 is 1.85 bits per heavy atom. The summed E-state index contributed by atoms with van der Waals surface area (Å²) in [6.07, 6.45) is 3.15. The maximum absolute atomic E-state index is 4.77. The van der Waals surface area contributed by atoms with Gasteiger partial charge in [-0.15, -0.1) is 5.10 Å². The zero-order chi connectivity index (χ0) is 17.5. The smallest absolute Gasteiger partial charge is 0.254 e. The van der Waals surface area contributed by atoms with Crippen LogP contribution in [0, 0.1) is 6.92 Å². The molecule has 2 aromatic heterocycles. The molecule has 2 heterocycles. The van der Waals surface area contributed by atoms with Crippen molar-refractivity contribution in [2.45, 2.75) is 26.2 Å². The second-order valence-electron chi connectivity index (χ2n) is 6.75. The Bertz CT molecular complexity index is 1100. The molecule has 0 unspecified atom stereocenters. The van der Waals surface area contributed by atoms with Gasteiger partial charge in [-0.05, 0) is 43.9 Å². The van der Waals surface area contributed by atoms with Gasteiger partial charge in [-0.3, -0.25) is 0 Å². The van der Waals surface area contributed by atoms with Crippen LogP contribution in [0.15, 0.2) is 54.6 Å². The Kier molecular flexibility index (Phi) is 3.45. The highest BCUT2D eigenvalue weighted by Gasteiger charge is 2.22. The molecule has 0 bridgehead atoms. The monoisotopic (exact) mass is 341 g/mol. The molecule has 0 saturated heterocycles. The number of fused-ring (bicyclic) bond motifs is 2. The van der Waals surface area contributed by atoms with E-state index in [1.54, 1.807) is 0 Å². The fraction of sp³-hybridized carbons (Fsp3) is 0.190. The maximum atomic E-state index is 4.77. The standard InChI is InChI=1S/C21H19N5/c1-14-7-5-10-16(13-14)22-20-17-11-6-12-18(17)23-21-24-19(25-26(20)21)15-8-3-2-4-9-15/h2-5,7-10,13,22H,6,11-12H2,1H3. The van der Waals surface area contributed by atoms with Crippen molar-refractivity contribution in [2.24, 2.45) is 0 Å². The van der Waals surface area contributed by atoms with Crippen molar-refractivity contribution < 1.29 is 0 Å². The average molecular weight is 341 g/mol. The molecule has 1 N–H and O–H groups in total. The van der Waals surface area contributed by atoms with E-state index in [1.165, 1.54) is 11.1 Å². The third-order valence-electron chi connectivity index (χ3n) is 4.82. The maximum Gasteiger partial charge on any atom is 0.254 e. The third kappa shape index (κ3) is 2.52. The van der Waals surface area contributed by atoms with Crippen LogP contribution in [0.3, 0.4) is 0 Å². The van der Waals surface area contributed by atoms with E-state index in [2.05, 4.69) is 41.5 Å². The third-order valence-corrected chi connectivity index (χ3v) is 4.82. The quantitative estimate of drug-likeness (QED) is 0.602. The first-order valence-electron chi connectivity index (χ1n) is 8.95. The summed E-state index contributed by atoms with van der Waals surface area (Å²) in [7, 11) is 0. The molecule has 5 heteroatoms. The lowest BCUT2D eigenvalue weighted by atomic mass is 10.2. The first-order valence-corrected chi connectivity index (χ1v) is 8.95. The summed E-state index contributed by atoms with van der Waals surface area (Å²) in [5, 5.41) is 8.33. The van der Waals surface area contributed by atoms with Crippen LogP contribution in [0.25, 0.3) is 17.2 Å². The minimum atomic E-state index is 0.652. The summed E-state index contributed by atoms with van der Waals surface area (Å²) in [5.74, 6) is 2.34. The molecule has 0 fully saturated rings. The van der Waals surface area contributed by atoms with Gasteiger partial charge in [0, 0.05) is 16.8 Å². The van der Waals surface area contributed by atoms with Gasteiger partial charge in [0.15, 0.2) is 5.82 Å². The summed E-state index contributed by atoms with van der Waals surface area (Å²) in [6.45, 7) is 2.10. The van der Waals surface area contributed by atoms with Crippen molar-refractivity contribution in [1.29, 1.82) is 0 Å². The summed E-state index contributed by atoms with van der Waals surface area (Å²) in [5.41, 5.74) is 5.67. The van der Waals surface area contributed by atoms with Gasteiger partial charge in [-0.1, -0.05) is 42.5 Å². The molecule has 0 aliphatic heterocycles. The van der Waals surface area contributed by atoms with Crippen LogP contribution < -0.4 is 5.32 Å². The Labute approximate surface area is 151 Å². The molecule has 26 heavy (non-hydrogen) atoms. The van der Waals surface area contributed by atoms with E-state index in [-0.39, 0.29) is 0 Å². The molecule has 5 rings (SSSR count). The van der Waals surface area contributed by atoms with E-state index in [9.17, 15) is 0 Å². The molecule has 0 radical (unpaired) electrons. The highest BCUT2D eigenvalue weighted by atomic mass is 15.4. The Balaban J connectivity index is 1.68. The lowest BCUT2D eigenvalue weighted by Gasteiger charge is -2.12. The zero-order valence-corrected chi connectivity index (χ0v) is 14.6. The molecular weight excluding hydrogens is 322 g/mol. The summed E-state index contributed by atoms with van der Waals surface area (Å²) in [6, 6.07) is 18.4. The van der Waals surface area contributed by atoms with Crippen molar-refractivity contribution in [1.82, 2.24) is 19.6 Å². The van der Waals surface area contributed by atoms with Gasteiger partial charge in [0.05, 0.1) is 5.69 Å². The van der Waals surface area contributed by atoms with Crippen molar-refractivity contribution >= 4 is 17.3 Å². The predicted octanol–water partition coefficient (Wildman–Crippen LogP) is 4.33. The SMILES string of the molecule is Cc1cccc(Nc2c3c(nc4nc(-c5ccccc5)nn24)CCC3)c1. The first kappa shape index (κ1) is 15.1.